The normalized spacial score (nSPS) is 15.8. The second-order valence-electron chi connectivity index (χ2n) is 4.51. The third-order valence-corrected chi connectivity index (χ3v) is 3.09. The molecule has 2 heterocycles. The summed E-state index contributed by atoms with van der Waals surface area (Å²) in [7, 11) is 0. The van der Waals surface area contributed by atoms with Gasteiger partial charge in [0.2, 0.25) is 0 Å². The van der Waals surface area contributed by atoms with E-state index in [2.05, 4.69) is 25.8 Å². The van der Waals surface area contributed by atoms with Crippen molar-refractivity contribution in [3.8, 4) is 0 Å². The van der Waals surface area contributed by atoms with E-state index in [-0.39, 0.29) is 11.6 Å². The molecule has 1 aromatic heterocycles. The van der Waals surface area contributed by atoms with Crippen molar-refractivity contribution in [2.45, 2.75) is 6.42 Å². The number of amides is 1. The van der Waals surface area contributed by atoms with E-state index in [1.165, 1.54) is 0 Å². The lowest BCUT2D eigenvalue weighted by Gasteiger charge is -2.26. The Bertz CT molecular complexity index is 418. The Morgan fingerprint density at radius 1 is 1.35 bits per heavy atom. The van der Waals surface area contributed by atoms with Crippen LogP contribution in [0.1, 0.15) is 16.9 Å². The number of hydrazine groups is 1. The fourth-order valence-electron chi connectivity index (χ4n) is 1.95. The summed E-state index contributed by atoms with van der Waals surface area (Å²) in [5, 5.41) is 10.4. The number of ether oxygens (including phenoxy) is 1. The quantitative estimate of drug-likeness (QED) is 0.356. The van der Waals surface area contributed by atoms with Crippen molar-refractivity contribution >= 4 is 11.7 Å². The van der Waals surface area contributed by atoms with Gasteiger partial charge in [0.15, 0.2) is 11.5 Å². The van der Waals surface area contributed by atoms with Gasteiger partial charge in [-0.3, -0.25) is 9.69 Å². The van der Waals surface area contributed by atoms with Crippen LogP contribution in [0.3, 0.4) is 0 Å². The minimum absolute atomic E-state index is 0.219. The highest BCUT2D eigenvalue weighted by atomic mass is 16.5. The molecule has 1 fully saturated rings. The number of carbonyl (C=O) groups excluding carboxylic acids is 1. The van der Waals surface area contributed by atoms with Gasteiger partial charge in [-0.15, -0.1) is 10.2 Å². The summed E-state index contributed by atoms with van der Waals surface area (Å²) in [5.74, 6) is 5.38. The van der Waals surface area contributed by atoms with Gasteiger partial charge in [-0.1, -0.05) is 0 Å². The molecule has 8 heteroatoms. The average molecular weight is 280 g/mol. The molecular formula is C12H20N6O2. The molecule has 1 aliphatic heterocycles. The number of nitrogens with two attached hydrogens (primary N) is 1. The first-order valence-corrected chi connectivity index (χ1v) is 6.68. The van der Waals surface area contributed by atoms with Crippen LogP contribution in [0.15, 0.2) is 12.1 Å². The molecule has 1 amide bonds. The van der Waals surface area contributed by atoms with Crippen LogP contribution in [-0.4, -0.2) is 60.4 Å². The maximum absolute atomic E-state index is 11.8. The summed E-state index contributed by atoms with van der Waals surface area (Å²) in [6.07, 6.45) is 0.904. The van der Waals surface area contributed by atoms with Gasteiger partial charge in [0.25, 0.3) is 5.91 Å². The average Bonchev–Trinajstić information content (AvgIpc) is 2.52. The first-order valence-electron chi connectivity index (χ1n) is 6.68. The highest BCUT2D eigenvalue weighted by Crippen LogP contribution is 2.00. The summed E-state index contributed by atoms with van der Waals surface area (Å²) in [6, 6.07) is 3.19. The summed E-state index contributed by atoms with van der Waals surface area (Å²) in [5.41, 5.74) is 2.65. The van der Waals surface area contributed by atoms with E-state index >= 15 is 0 Å². The lowest BCUT2D eigenvalue weighted by atomic mass is 10.3. The van der Waals surface area contributed by atoms with Crippen LogP contribution in [0.4, 0.5) is 5.82 Å². The fourth-order valence-corrected chi connectivity index (χ4v) is 1.95. The Morgan fingerprint density at radius 2 is 2.15 bits per heavy atom. The van der Waals surface area contributed by atoms with Crippen LogP contribution in [0.2, 0.25) is 0 Å². The van der Waals surface area contributed by atoms with Crippen LogP contribution in [0, 0.1) is 0 Å². The Morgan fingerprint density at radius 3 is 2.80 bits per heavy atom. The molecule has 4 N–H and O–H groups in total. The van der Waals surface area contributed by atoms with Crippen LogP contribution < -0.4 is 16.6 Å². The number of nitrogens with zero attached hydrogens (tertiary/aromatic N) is 3. The van der Waals surface area contributed by atoms with Gasteiger partial charge in [0.1, 0.15) is 0 Å². The SMILES string of the molecule is NNc1ccc(C(=O)NCCCN2CCOCC2)nn1. The third-order valence-electron chi connectivity index (χ3n) is 3.09. The van der Waals surface area contributed by atoms with Gasteiger partial charge in [0.05, 0.1) is 13.2 Å². The minimum Gasteiger partial charge on any atom is -0.379 e. The number of carbonyl (C=O) groups is 1. The van der Waals surface area contributed by atoms with Gasteiger partial charge in [-0.25, -0.2) is 5.84 Å². The predicted octanol–water partition coefficient (Wildman–Crippen LogP) is -0.786. The van der Waals surface area contributed by atoms with Crippen LogP contribution in [-0.2, 0) is 4.74 Å². The monoisotopic (exact) mass is 280 g/mol. The van der Waals surface area contributed by atoms with Gasteiger partial charge in [0, 0.05) is 19.6 Å². The molecule has 0 bridgehead atoms. The summed E-state index contributed by atoms with van der Waals surface area (Å²) in [4.78, 5) is 14.1. The Labute approximate surface area is 117 Å². The van der Waals surface area contributed by atoms with Gasteiger partial charge in [-0.2, -0.15) is 0 Å². The second kappa shape index (κ2) is 7.73. The van der Waals surface area contributed by atoms with Crippen molar-refractivity contribution in [3.63, 3.8) is 0 Å². The molecular weight excluding hydrogens is 260 g/mol. The van der Waals surface area contributed by atoms with Crippen molar-refractivity contribution in [2.75, 3.05) is 44.8 Å². The van der Waals surface area contributed by atoms with Crippen molar-refractivity contribution in [1.29, 1.82) is 0 Å². The van der Waals surface area contributed by atoms with E-state index in [9.17, 15) is 4.79 Å². The largest absolute Gasteiger partial charge is 0.379 e. The van der Waals surface area contributed by atoms with Crippen LogP contribution in [0.25, 0.3) is 0 Å². The molecule has 0 atom stereocenters. The fraction of sp³-hybridized carbons (Fsp3) is 0.583. The molecule has 0 aromatic carbocycles. The number of hydrogen-bond acceptors (Lipinski definition) is 7. The molecule has 1 aliphatic rings. The standard InChI is InChI=1S/C12H20N6O2/c13-15-11-3-2-10(16-17-11)12(19)14-4-1-5-18-6-8-20-9-7-18/h2-3H,1,4-9,13H2,(H,14,19)(H,15,17). The zero-order valence-electron chi connectivity index (χ0n) is 11.3. The highest BCUT2D eigenvalue weighted by Gasteiger charge is 2.10. The molecule has 2 rings (SSSR count). The number of morpholine rings is 1. The first kappa shape index (κ1) is 14.6. The van der Waals surface area contributed by atoms with Crippen LogP contribution in [0.5, 0.6) is 0 Å². The topological polar surface area (TPSA) is 105 Å². The summed E-state index contributed by atoms with van der Waals surface area (Å²) < 4.78 is 5.28. The number of aromatic nitrogens is 2. The van der Waals surface area contributed by atoms with E-state index in [0.717, 1.165) is 39.3 Å². The van der Waals surface area contributed by atoms with Gasteiger partial charge >= 0.3 is 0 Å². The molecule has 0 aliphatic carbocycles. The molecule has 0 spiro atoms. The zero-order chi connectivity index (χ0) is 14.2. The Balaban J connectivity index is 1.66. The number of rotatable bonds is 6. The molecule has 1 saturated heterocycles. The van der Waals surface area contributed by atoms with E-state index in [0.29, 0.717) is 12.4 Å². The number of nitrogen functional groups attached to an aromatic ring is 1. The lowest BCUT2D eigenvalue weighted by molar-refractivity contribution is 0.0374. The minimum atomic E-state index is -0.219. The van der Waals surface area contributed by atoms with Crippen molar-refractivity contribution in [3.05, 3.63) is 17.8 Å². The summed E-state index contributed by atoms with van der Waals surface area (Å²) >= 11 is 0. The van der Waals surface area contributed by atoms with Gasteiger partial charge in [-0.05, 0) is 25.1 Å². The van der Waals surface area contributed by atoms with Crippen molar-refractivity contribution in [2.24, 2.45) is 5.84 Å². The molecule has 110 valence electrons. The molecule has 20 heavy (non-hydrogen) atoms. The van der Waals surface area contributed by atoms with E-state index in [4.69, 9.17) is 10.6 Å². The molecule has 0 radical (unpaired) electrons. The zero-order valence-corrected chi connectivity index (χ0v) is 11.3. The maximum Gasteiger partial charge on any atom is 0.271 e. The second-order valence-corrected chi connectivity index (χ2v) is 4.51. The molecule has 8 nitrogen and oxygen atoms in total. The van der Waals surface area contributed by atoms with Crippen LogP contribution >= 0.6 is 0 Å². The Hall–Kier alpha value is -1.77. The number of nitrogens with one attached hydrogen (secondary N) is 2. The third kappa shape index (κ3) is 4.41. The maximum atomic E-state index is 11.8. The van der Waals surface area contributed by atoms with E-state index < -0.39 is 0 Å². The molecule has 0 unspecified atom stereocenters. The number of hydrogen-bond donors (Lipinski definition) is 3. The van der Waals surface area contributed by atoms with E-state index in [1.807, 2.05) is 0 Å². The summed E-state index contributed by atoms with van der Waals surface area (Å²) in [6.45, 7) is 5.10. The molecule has 0 saturated carbocycles. The smallest absolute Gasteiger partial charge is 0.271 e. The highest BCUT2D eigenvalue weighted by molar-refractivity contribution is 5.92. The van der Waals surface area contributed by atoms with Gasteiger partial charge < -0.3 is 15.5 Å². The Kier molecular flexibility index (Phi) is 5.66. The van der Waals surface area contributed by atoms with Crippen molar-refractivity contribution < 1.29 is 9.53 Å². The first-order chi connectivity index (χ1) is 9.79. The molecule has 1 aromatic rings. The predicted molar refractivity (Wildman–Crippen MR) is 74.1 cm³/mol. The van der Waals surface area contributed by atoms with E-state index in [1.54, 1.807) is 12.1 Å². The number of anilines is 1. The lowest BCUT2D eigenvalue weighted by Crippen LogP contribution is -2.38. The van der Waals surface area contributed by atoms with Crippen molar-refractivity contribution in [1.82, 2.24) is 20.4 Å².